The fourth-order valence-corrected chi connectivity index (χ4v) is 2.13. The lowest BCUT2D eigenvalue weighted by molar-refractivity contribution is -0.156. The van der Waals surface area contributed by atoms with E-state index in [4.69, 9.17) is 14.2 Å². The molecule has 1 atom stereocenters. The van der Waals surface area contributed by atoms with Gasteiger partial charge in [0.25, 0.3) is 5.91 Å². The molecule has 24 heavy (non-hydrogen) atoms. The van der Waals surface area contributed by atoms with Gasteiger partial charge in [0.05, 0.1) is 0 Å². The topological polar surface area (TPSA) is 73.9 Å². The van der Waals surface area contributed by atoms with E-state index in [1.54, 1.807) is 24.3 Å². The van der Waals surface area contributed by atoms with Gasteiger partial charge in [-0.3, -0.25) is 4.79 Å². The maximum Gasteiger partial charge on any atom is 0.351 e. The standard InChI is InChI=1S/C17H14FNO5/c18-11-4-3-5-12(8-11)19-16(20)10-23-17(21)15-9-22-13-6-1-2-7-14(13)24-15/h1-8,15H,9-10H2,(H,19,20)/t15-/m1/s1. The van der Waals surface area contributed by atoms with Gasteiger partial charge in [-0.25, -0.2) is 9.18 Å². The first-order valence-corrected chi connectivity index (χ1v) is 7.22. The van der Waals surface area contributed by atoms with Gasteiger partial charge in [-0.2, -0.15) is 0 Å². The van der Waals surface area contributed by atoms with Gasteiger partial charge < -0.3 is 19.5 Å². The average molecular weight is 331 g/mol. The van der Waals surface area contributed by atoms with Crippen molar-refractivity contribution in [2.24, 2.45) is 0 Å². The third-order valence-corrected chi connectivity index (χ3v) is 3.23. The normalized spacial score (nSPS) is 15.5. The molecule has 6 nitrogen and oxygen atoms in total. The van der Waals surface area contributed by atoms with Crippen molar-refractivity contribution in [2.45, 2.75) is 6.10 Å². The maximum absolute atomic E-state index is 13.0. The molecule has 0 spiro atoms. The molecular weight excluding hydrogens is 317 g/mol. The zero-order valence-electron chi connectivity index (χ0n) is 12.5. The summed E-state index contributed by atoms with van der Waals surface area (Å²) in [6, 6.07) is 12.3. The second-order valence-corrected chi connectivity index (χ2v) is 5.03. The number of fused-ring (bicyclic) bond motifs is 1. The van der Waals surface area contributed by atoms with Gasteiger partial charge in [-0.1, -0.05) is 18.2 Å². The Balaban J connectivity index is 1.50. The number of halogens is 1. The molecule has 0 saturated heterocycles. The monoisotopic (exact) mass is 331 g/mol. The molecule has 0 unspecified atom stereocenters. The Morgan fingerprint density at radius 2 is 1.96 bits per heavy atom. The molecule has 1 aliphatic rings. The van der Waals surface area contributed by atoms with Crippen LogP contribution in [-0.4, -0.2) is 31.2 Å². The second kappa shape index (κ2) is 6.99. The second-order valence-electron chi connectivity index (χ2n) is 5.03. The lowest BCUT2D eigenvalue weighted by atomic mass is 10.2. The molecule has 0 radical (unpaired) electrons. The number of ether oxygens (including phenoxy) is 3. The highest BCUT2D eigenvalue weighted by Gasteiger charge is 2.29. The lowest BCUT2D eigenvalue weighted by Crippen LogP contribution is -2.39. The van der Waals surface area contributed by atoms with Crippen molar-refractivity contribution in [1.82, 2.24) is 0 Å². The Morgan fingerprint density at radius 1 is 1.17 bits per heavy atom. The number of amides is 1. The van der Waals surface area contributed by atoms with Crippen molar-refractivity contribution in [3.05, 3.63) is 54.3 Å². The van der Waals surface area contributed by atoms with E-state index in [1.807, 2.05) is 0 Å². The first kappa shape index (κ1) is 15.8. The highest BCUT2D eigenvalue weighted by Crippen LogP contribution is 2.31. The van der Waals surface area contributed by atoms with Crippen LogP contribution in [-0.2, 0) is 14.3 Å². The Kier molecular flexibility index (Phi) is 4.60. The fourth-order valence-electron chi connectivity index (χ4n) is 2.13. The first-order chi connectivity index (χ1) is 11.6. The molecule has 124 valence electrons. The summed E-state index contributed by atoms with van der Waals surface area (Å²) in [7, 11) is 0. The van der Waals surface area contributed by atoms with Gasteiger partial charge in [0.2, 0.25) is 6.10 Å². The van der Waals surface area contributed by atoms with Crippen LogP contribution in [0.15, 0.2) is 48.5 Å². The molecule has 0 bridgehead atoms. The number of hydrogen-bond acceptors (Lipinski definition) is 5. The van der Waals surface area contributed by atoms with Crippen LogP contribution in [0.5, 0.6) is 11.5 Å². The van der Waals surface area contributed by atoms with E-state index in [0.29, 0.717) is 11.5 Å². The smallest absolute Gasteiger partial charge is 0.351 e. The van der Waals surface area contributed by atoms with E-state index in [1.165, 1.54) is 18.2 Å². The highest BCUT2D eigenvalue weighted by atomic mass is 19.1. The number of hydrogen-bond donors (Lipinski definition) is 1. The Hall–Kier alpha value is -3.09. The molecule has 0 aromatic heterocycles. The zero-order chi connectivity index (χ0) is 16.9. The zero-order valence-corrected chi connectivity index (χ0v) is 12.5. The van der Waals surface area contributed by atoms with Crippen LogP contribution in [0.1, 0.15) is 0 Å². The minimum absolute atomic E-state index is 0.00135. The highest BCUT2D eigenvalue weighted by molar-refractivity contribution is 5.93. The van der Waals surface area contributed by atoms with Gasteiger partial charge in [0.15, 0.2) is 18.1 Å². The summed E-state index contributed by atoms with van der Waals surface area (Å²) in [5, 5.41) is 2.43. The molecule has 0 saturated carbocycles. The molecule has 1 N–H and O–H groups in total. The fraction of sp³-hybridized carbons (Fsp3) is 0.176. The predicted molar refractivity (Wildman–Crippen MR) is 82.3 cm³/mol. The average Bonchev–Trinajstić information content (AvgIpc) is 2.59. The van der Waals surface area contributed by atoms with E-state index in [0.717, 1.165) is 6.07 Å². The lowest BCUT2D eigenvalue weighted by Gasteiger charge is -2.24. The van der Waals surface area contributed by atoms with Crippen LogP contribution in [0.4, 0.5) is 10.1 Å². The van der Waals surface area contributed by atoms with Crippen LogP contribution >= 0.6 is 0 Å². The summed E-state index contributed by atoms with van der Waals surface area (Å²) in [6.45, 7) is -0.502. The van der Waals surface area contributed by atoms with Crippen molar-refractivity contribution in [2.75, 3.05) is 18.5 Å². The number of benzene rings is 2. The molecular formula is C17H14FNO5. The largest absolute Gasteiger partial charge is 0.485 e. The summed E-state index contributed by atoms with van der Waals surface area (Å²) in [5.74, 6) is -0.776. The third-order valence-electron chi connectivity index (χ3n) is 3.23. The number of carbonyl (C=O) groups is 2. The quantitative estimate of drug-likeness (QED) is 0.869. The van der Waals surface area contributed by atoms with Gasteiger partial charge in [0.1, 0.15) is 12.4 Å². The molecule has 2 aromatic rings. The first-order valence-electron chi connectivity index (χ1n) is 7.22. The Morgan fingerprint density at radius 3 is 2.75 bits per heavy atom. The van der Waals surface area contributed by atoms with E-state index >= 15 is 0 Å². The Bertz CT molecular complexity index is 764. The van der Waals surface area contributed by atoms with Gasteiger partial charge in [0, 0.05) is 5.69 Å². The molecule has 3 rings (SSSR count). The van der Waals surface area contributed by atoms with Crippen LogP contribution in [0.2, 0.25) is 0 Å². The molecule has 0 fully saturated rings. The number of anilines is 1. The van der Waals surface area contributed by atoms with Crippen molar-refractivity contribution >= 4 is 17.6 Å². The molecule has 1 aliphatic heterocycles. The molecule has 2 aromatic carbocycles. The maximum atomic E-state index is 13.0. The molecule has 0 aliphatic carbocycles. The van der Waals surface area contributed by atoms with Gasteiger partial charge >= 0.3 is 5.97 Å². The Labute approximate surface area is 137 Å². The summed E-state index contributed by atoms with van der Waals surface area (Å²) in [6.07, 6.45) is -0.943. The van der Waals surface area contributed by atoms with Gasteiger partial charge in [-0.15, -0.1) is 0 Å². The number of esters is 1. The van der Waals surface area contributed by atoms with Crippen LogP contribution in [0.3, 0.4) is 0 Å². The minimum Gasteiger partial charge on any atom is -0.485 e. The summed E-state index contributed by atoms with van der Waals surface area (Å²) in [5.41, 5.74) is 0.280. The van der Waals surface area contributed by atoms with Crippen molar-refractivity contribution < 1.29 is 28.2 Å². The van der Waals surface area contributed by atoms with Crippen molar-refractivity contribution in [3.63, 3.8) is 0 Å². The van der Waals surface area contributed by atoms with Crippen LogP contribution in [0.25, 0.3) is 0 Å². The van der Waals surface area contributed by atoms with Crippen LogP contribution < -0.4 is 14.8 Å². The van der Waals surface area contributed by atoms with E-state index in [9.17, 15) is 14.0 Å². The van der Waals surface area contributed by atoms with Crippen molar-refractivity contribution in [3.8, 4) is 11.5 Å². The van der Waals surface area contributed by atoms with Crippen molar-refractivity contribution in [1.29, 1.82) is 0 Å². The molecule has 1 amide bonds. The van der Waals surface area contributed by atoms with Gasteiger partial charge in [-0.05, 0) is 30.3 Å². The predicted octanol–water partition coefficient (Wildman–Crippen LogP) is 2.15. The minimum atomic E-state index is -0.943. The number of carbonyl (C=O) groups excluding carboxylic acids is 2. The van der Waals surface area contributed by atoms with E-state index < -0.39 is 30.4 Å². The summed E-state index contributed by atoms with van der Waals surface area (Å²) >= 11 is 0. The molecule has 1 heterocycles. The van der Waals surface area contributed by atoms with E-state index in [-0.39, 0.29) is 12.3 Å². The number of nitrogens with one attached hydrogen (secondary N) is 1. The summed E-state index contributed by atoms with van der Waals surface area (Å²) < 4.78 is 28.8. The number of para-hydroxylation sites is 2. The van der Waals surface area contributed by atoms with E-state index in [2.05, 4.69) is 5.32 Å². The third kappa shape index (κ3) is 3.81. The molecule has 7 heteroatoms. The van der Waals surface area contributed by atoms with Crippen LogP contribution in [0, 0.1) is 5.82 Å². The number of rotatable bonds is 4. The SMILES string of the molecule is O=C(COC(=O)[C@H]1COc2ccccc2O1)Nc1cccc(F)c1. The summed E-state index contributed by atoms with van der Waals surface area (Å²) in [4.78, 5) is 23.7.